The lowest BCUT2D eigenvalue weighted by atomic mass is 9.94. The Kier molecular flexibility index (Phi) is 7.29. The van der Waals surface area contributed by atoms with Gasteiger partial charge in [-0.25, -0.2) is 9.59 Å². The molecule has 1 aliphatic rings. The molecular weight excluding hydrogens is 382 g/mol. The summed E-state index contributed by atoms with van der Waals surface area (Å²) in [5, 5.41) is 5.80. The number of rotatable bonds is 6. The minimum absolute atomic E-state index is 0.0895. The quantitative estimate of drug-likeness (QED) is 0.675. The summed E-state index contributed by atoms with van der Waals surface area (Å²) in [6, 6.07) is 6.27. The van der Waals surface area contributed by atoms with E-state index in [1.807, 2.05) is 27.7 Å². The Balaban J connectivity index is 2.38. The third-order valence-corrected chi connectivity index (χ3v) is 4.79. The van der Waals surface area contributed by atoms with Gasteiger partial charge in [-0.05, 0) is 44.9 Å². The fourth-order valence-corrected chi connectivity index (χ4v) is 3.14. The summed E-state index contributed by atoms with van der Waals surface area (Å²) in [5.74, 6) is -0.535. The van der Waals surface area contributed by atoms with Crippen LogP contribution in [0.4, 0.5) is 10.5 Å². The topological polar surface area (TPSA) is 87.7 Å². The summed E-state index contributed by atoms with van der Waals surface area (Å²) in [6.07, 6.45) is 0.495. The van der Waals surface area contributed by atoms with E-state index in [1.165, 1.54) is 0 Å². The van der Waals surface area contributed by atoms with Gasteiger partial charge in [0, 0.05) is 23.3 Å². The summed E-state index contributed by atoms with van der Waals surface area (Å²) in [6.45, 7) is 13.4. The number of nitrogens with zero attached hydrogens (tertiary/aromatic N) is 1. The number of carbonyl (C=O) groups is 3. The first kappa shape index (κ1) is 23.4. The zero-order valence-electron chi connectivity index (χ0n) is 19.0. The first-order valence-electron chi connectivity index (χ1n) is 10.4. The largest absolute Gasteiger partial charge is 0.459 e. The number of hydrogen-bond acceptors (Lipinski definition) is 4. The molecule has 0 radical (unpaired) electrons. The minimum Gasteiger partial charge on any atom is -0.459 e. The number of allylic oxidation sites excluding steroid dienone is 1. The van der Waals surface area contributed by atoms with Gasteiger partial charge < -0.3 is 15.4 Å². The molecule has 0 saturated heterocycles. The van der Waals surface area contributed by atoms with Crippen molar-refractivity contribution in [3.05, 3.63) is 41.1 Å². The Labute approximate surface area is 178 Å². The summed E-state index contributed by atoms with van der Waals surface area (Å²) >= 11 is 0. The second-order valence-electron chi connectivity index (χ2n) is 8.81. The second-order valence-corrected chi connectivity index (χ2v) is 8.81. The molecule has 7 heteroatoms. The Bertz CT molecular complexity index is 835. The zero-order chi connectivity index (χ0) is 22.6. The van der Waals surface area contributed by atoms with Crippen molar-refractivity contribution in [2.45, 2.75) is 67.0 Å². The summed E-state index contributed by atoms with van der Waals surface area (Å²) in [4.78, 5) is 39.3. The lowest BCUT2D eigenvalue weighted by molar-refractivity contribution is -0.143. The van der Waals surface area contributed by atoms with Crippen molar-refractivity contribution in [2.75, 3.05) is 11.9 Å². The van der Waals surface area contributed by atoms with Crippen molar-refractivity contribution in [2.24, 2.45) is 5.41 Å². The van der Waals surface area contributed by atoms with Crippen molar-refractivity contribution in [1.82, 2.24) is 10.2 Å². The second kappa shape index (κ2) is 9.32. The highest BCUT2D eigenvalue weighted by Gasteiger charge is 2.36. The highest BCUT2D eigenvalue weighted by molar-refractivity contribution is 5.96. The SMILES string of the molecule is CCCN1C(=O)N[C@@H](c2ccc(NC(=O)C(C)(C)C)cc2)C(C(=O)OC(C)C)=C1C. The predicted molar refractivity (Wildman–Crippen MR) is 117 cm³/mol. The molecule has 1 aliphatic heterocycles. The van der Waals surface area contributed by atoms with Gasteiger partial charge >= 0.3 is 12.0 Å². The first-order chi connectivity index (χ1) is 14.0. The molecule has 2 rings (SSSR count). The molecule has 164 valence electrons. The molecule has 0 fully saturated rings. The van der Waals surface area contributed by atoms with Crippen molar-refractivity contribution < 1.29 is 19.1 Å². The van der Waals surface area contributed by atoms with E-state index in [0.29, 0.717) is 23.5 Å². The Morgan fingerprint density at radius 1 is 1.20 bits per heavy atom. The van der Waals surface area contributed by atoms with Crippen LogP contribution in [0.3, 0.4) is 0 Å². The molecule has 30 heavy (non-hydrogen) atoms. The van der Waals surface area contributed by atoms with Crippen LogP contribution < -0.4 is 10.6 Å². The van der Waals surface area contributed by atoms with E-state index in [4.69, 9.17) is 4.74 Å². The molecule has 0 spiro atoms. The van der Waals surface area contributed by atoms with Crippen LogP contribution in [0.25, 0.3) is 0 Å². The molecule has 0 bridgehead atoms. The van der Waals surface area contributed by atoms with Crippen molar-refractivity contribution >= 4 is 23.6 Å². The summed E-state index contributed by atoms with van der Waals surface area (Å²) in [5.41, 5.74) is 1.90. The van der Waals surface area contributed by atoms with E-state index < -0.39 is 17.4 Å². The highest BCUT2D eigenvalue weighted by Crippen LogP contribution is 2.32. The molecule has 2 N–H and O–H groups in total. The molecule has 1 aromatic rings. The Morgan fingerprint density at radius 2 is 1.80 bits per heavy atom. The van der Waals surface area contributed by atoms with Crippen molar-refractivity contribution in [3.63, 3.8) is 0 Å². The molecule has 1 atom stereocenters. The maximum Gasteiger partial charge on any atom is 0.338 e. The van der Waals surface area contributed by atoms with E-state index >= 15 is 0 Å². The maximum absolute atomic E-state index is 12.9. The third-order valence-electron chi connectivity index (χ3n) is 4.79. The van der Waals surface area contributed by atoms with Gasteiger partial charge in [0.15, 0.2) is 0 Å². The van der Waals surface area contributed by atoms with Gasteiger partial charge in [0.2, 0.25) is 5.91 Å². The smallest absolute Gasteiger partial charge is 0.338 e. The van der Waals surface area contributed by atoms with Gasteiger partial charge in [-0.3, -0.25) is 9.69 Å². The zero-order valence-corrected chi connectivity index (χ0v) is 19.0. The lowest BCUT2D eigenvalue weighted by Crippen LogP contribution is -2.48. The van der Waals surface area contributed by atoms with Crippen LogP contribution in [0.5, 0.6) is 0 Å². The number of benzene rings is 1. The summed E-state index contributed by atoms with van der Waals surface area (Å²) < 4.78 is 5.46. The first-order valence-corrected chi connectivity index (χ1v) is 10.4. The van der Waals surface area contributed by atoms with Gasteiger partial charge in [-0.1, -0.05) is 39.8 Å². The fourth-order valence-electron chi connectivity index (χ4n) is 3.14. The van der Waals surface area contributed by atoms with Gasteiger partial charge in [0.1, 0.15) is 0 Å². The van der Waals surface area contributed by atoms with E-state index in [-0.39, 0.29) is 18.0 Å². The molecule has 0 saturated carbocycles. The normalized spacial score (nSPS) is 17.1. The molecule has 1 heterocycles. The number of amides is 3. The number of esters is 1. The third kappa shape index (κ3) is 5.40. The number of anilines is 1. The van der Waals surface area contributed by atoms with Crippen LogP contribution in [0, 0.1) is 5.41 Å². The Morgan fingerprint density at radius 3 is 2.30 bits per heavy atom. The number of ether oxygens (including phenoxy) is 1. The van der Waals surface area contributed by atoms with Gasteiger partial charge in [-0.2, -0.15) is 0 Å². The minimum atomic E-state index is -0.621. The molecule has 0 aliphatic carbocycles. The molecule has 3 amide bonds. The lowest BCUT2D eigenvalue weighted by Gasteiger charge is -2.35. The highest BCUT2D eigenvalue weighted by atomic mass is 16.5. The fraction of sp³-hybridized carbons (Fsp3) is 0.522. The number of urea groups is 1. The van der Waals surface area contributed by atoms with E-state index in [2.05, 4.69) is 10.6 Å². The average molecular weight is 416 g/mol. The van der Waals surface area contributed by atoms with E-state index in [9.17, 15) is 14.4 Å². The van der Waals surface area contributed by atoms with Crippen LogP contribution in [-0.2, 0) is 14.3 Å². The molecule has 7 nitrogen and oxygen atoms in total. The van der Waals surface area contributed by atoms with Gasteiger partial charge in [0.25, 0.3) is 0 Å². The molecule has 0 aromatic heterocycles. The van der Waals surface area contributed by atoms with Crippen molar-refractivity contribution in [3.8, 4) is 0 Å². The van der Waals surface area contributed by atoms with Crippen LogP contribution in [-0.4, -0.2) is 35.5 Å². The molecule has 0 unspecified atom stereocenters. The van der Waals surface area contributed by atoms with Crippen molar-refractivity contribution in [1.29, 1.82) is 0 Å². The van der Waals surface area contributed by atoms with E-state index in [1.54, 1.807) is 49.9 Å². The predicted octanol–water partition coefficient (Wildman–Crippen LogP) is 4.37. The van der Waals surface area contributed by atoms with Gasteiger partial charge in [0.05, 0.1) is 17.7 Å². The standard InChI is InChI=1S/C23H33N3O4/c1-8-13-26-15(4)18(20(27)30-14(2)3)19(25-22(26)29)16-9-11-17(12-10-16)24-21(28)23(5,6)7/h9-12,14,19H,8,13H2,1-7H3,(H,24,28)(H,25,29)/t19-/m0/s1. The Hall–Kier alpha value is -2.83. The monoisotopic (exact) mass is 415 g/mol. The summed E-state index contributed by atoms with van der Waals surface area (Å²) in [7, 11) is 0. The molecule has 1 aromatic carbocycles. The average Bonchev–Trinajstić information content (AvgIpc) is 2.63. The molecular formula is C23H33N3O4. The van der Waals surface area contributed by atoms with Crippen LogP contribution in [0.1, 0.15) is 66.5 Å². The van der Waals surface area contributed by atoms with Crippen LogP contribution in [0.15, 0.2) is 35.5 Å². The van der Waals surface area contributed by atoms with Crippen LogP contribution in [0.2, 0.25) is 0 Å². The maximum atomic E-state index is 12.9. The van der Waals surface area contributed by atoms with E-state index in [0.717, 1.165) is 12.0 Å². The number of hydrogen-bond donors (Lipinski definition) is 2. The van der Waals surface area contributed by atoms with Gasteiger partial charge in [-0.15, -0.1) is 0 Å². The van der Waals surface area contributed by atoms with Crippen LogP contribution >= 0.6 is 0 Å². The number of carbonyl (C=O) groups excluding carboxylic acids is 3. The number of nitrogens with one attached hydrogen (secondary N) is 2.